The van der Waals surface area contributed by atoms with Crippen LogP contribution in [0.2, 0.25) is 0 Å². The summed E-state index contributed by atoms with van der Waals surface area (Å²) in [6, 6.07) is 7.21. The van der Waals surface area contributed by atoms with Gasteiger partial charge in [-0.05, 0) is 38.8 Å². The van der Waals surface area contributed by atoms with E-state index in [0.717, 1.165) is 31.2 Å². The minimum absolute atomic E-state index is 0. The molecule has 3 N–H and O–H groups in total. The van der Waals surface area contributed by atoms with Gasteiger partial charge < -0.3 is 20.7 Å². The van der Waals surface area contributed by atoms with Gasteiger partial charge in [0.1, 0.15) is 6.61 Å². The van der Waals surface area contributed by atoms with Crippen molar-refractivity contribution in [3.63, 3.8) is 0 Å². The van der Waals surface area contributed by atoms with Crippen LogP contribution < -0.4 is 16.0 Å². The molecule has 0 amide bonds. The number of hydrogen-bond donors (Lipinski definition) is 3. The van der Waals surface area contributed by atoms with E-state index in [1.165, 1.54) is 0 Å². The molecule has 0 aromatic heterocycles. The molecule has 0 heterocycles. The molecule has 0 fully saturated rings. The molecule has 0 atom stereocenters. The maximum absolute atomic E-state index is 12.1. The molecule has 1 aromatic rings. The highest BCUT2D eigenvalue weighted by atomic mass is 127. The first kappa shape index (κ1) is 26.9. The lowest BCUT2D eigenvalue weighted by Crippen LogP contribution is -2.44. The molecule has 0 radical (unpaired) electrons. The zero-order chi connectivity index (χ0) is 20.3. The highest BCUT2D eigenvalue weighted by Gasteiger charge is 2.27. The fourth-order valence-electron chi connectivity index (χ4n) is 2.16. The van der Waals surface area contributed by atoms with Gasteiger partial charge in [-0.25, -0.2) is 4.99 Å². The first-order chi connectivity index (χ1) is 12.6. The van der Waals surface area contributed by atoms with E-state index < -0.39 is 12.8 Å². The highest BCUT2D eigenvalue weighted by molar-refractivity contribution is 14.0. The number of rotatable bonds is 9. The van der Waals surface area contributed by atoms with Crippen molar-refractivity contribution in [3.8, 4) is 0 Å². The number of alkyl halides is 3. The SMILES string of the molecule is CCNC(=NCc1ccc(COCC(F)(F)F)cc1)NCCNC(C)(C)C.I. The standard InChI is InChI=1S/C19H31F3N4O.HI/c1-5-23-17(24-10-11-26-18(2,3)4)25-12-15-6-8-16(9-7-15)13-27-14-19(20,21)22;/h6-9,26H,5,10-14H2,1-4H3,(H2,23,24,25);1H. The highest BCUT2D eigenvalue weighted by Crippen LogP contribution is 2.16. The van der Waals surface area contributed by atoms with Gasteiger partial charge in [-0.1, -0.05) is 24.3 Å². The van der Waals surface area contributed by atoms with Crippen LogP contribution in [-0.2, 0) is 17.9 Å². The minimum atomic E-state index is -4.30. The third kappa shape index (κ3) is 14.0. The van der Waals surface area contributed by atoms with Crippen LogP contribution in [0.25, 0.3) is 0 Å². The van der Waals surface area contributed by atoms with E-state index in [2.05, 4.69) is 46.5 Å². The maximum atomic E-state index is 12.1. The van der Waals surface area contributed by atoms with Crippen molar-refractivity contribution in [3.05, 3.63) is 35.4 Å². The van der Waals surface area contributed by atoms with E-state index in [-0.39, 0.29) is 36.1 Å². The predicted octanol–water partition coefficient (Wildman–Crippen LogP) is 3.83. The fraction of sp³-hybridized carbons (Fsp3) is 0.632. The summed E-state index contributed by atoms with van der Waals surface area (Å²) in [5.74, 6) is 0.728. The van der Waals surface area contributed by atoms with Gasteiger partial charge in [-0.15, -0.1) is 24.0 Å². The Labute approximate surface area is 182 Å². The Balaban J connectivity index is 0.00000729. The van der Waals surface area contributed by atoms with Crippen LogP contribution in [0.15, 0.2) is 29.3 Å². The van der Waals surface area contributed by atoms with Crippen molar-refractivity contribution < 1.29 is 17.9 Å². The van der Waals surface area contributed by atoms with Gasteiger partial charge in [0.05, 0.1) is 13.2 Å². The van der Waals surface area contributed by atoms with Crippen LogP contribution in [0, 0.1) is 0 Å². The Morgan fingerprint density at radius 3 is 2.14 bits per heavy atom. The third-order valence-corrected chi connectivity index (χ3v) is 3.39. The average Bonchev–Trinajstić information content (AvgIpc) is 2.55. The van der Waals surface area contributed by atoms with E-state index in [1.807, 2.05) is 19.1 Å². The Kier molecular flexibility index (Phi) is 12.7. The summed E-state index contributed by atoms with van der Waals surface area (Å²) in [7, 11) is 0. The van der Waals surface area contributed by atoms with E-state index in [0.29, 0.717) is 12.1 Å². The lowest BCUT2D eigenvalue weighted by atomic mass is 10.1. The zero-order valence-corrected chi connectivity index (χ0v) is 19.3. The molecule has 1 rings (SSSR count). The van der Waals surface area contributed by atoms with Crippen molar-refractivity contribution in [1.82, 2.24) is 16.0 Å². The molecule has 162 valence electrons. The molecule has 9 heteroatoms. The summed E-state index contributed by atoms with van der Waals surface area (Å²) < 4.78 is 40.9. The smallest absolute Gasteiger partial charge is 0.367 e. The molecule has 28 heavy (non-hydrogen) atoms. The van der Waals surface area contributed by atoms with Crippen LogP contribution in [-0.4, -0.2) is 43.9 Å². The summed E-state index contributed by atoms with van der Waals surface area (Å²) in [4.78, 5) is 4.53. The van der Waals surface area contributed by atoms with E-state index >= 15 is 0 Å². The van der Waals surface area contributed by atoms with Crippen molar-refractivity contribution in [2.75, 3.05) is 26.2 Å². The topological polar surface area (TPSA) is 57.7 Å². The molecule has 5 nitrogen and oxygen atoms in total. The second-order valence-corrected chi connectivity index (χ2v) is 7.22. The minimum Gasteiger partial charge on any atom is -0.367 e. The number of ether oxygens (including phenoxy) is 1. The zero-order valence-electron chi connectivity index (χ0n) is 16.9. The summed E-state index contributed by atoms with van der Waals surface area (Å²) in [6.45, 7) is 9.85. The molecular weight excluding hydrogens is 484 g/mol. The Morgan fingerprint density at radius 2 is 1.61 bits per heavy atom. The van der Waals surface area contributed by atoms with Crippen molar-refractivity contribution in [1.29, 1.82) is 0 Å². The first-order valence-corrected chi connectivity index (χ1v) is 9.08. The number of aliphatic imine (C=N–C) groups is 1. The van der Waals surface area contributed by atoms with Crippen LogP contribution in [0.3, 0.4) is 0 Å². The Morgan fingerprint density at radius 1 is 1.00 bits per heavy atom. The number of nitrogens with zero attached hydrogens (tertiary/aromatic N) is 1. The number of guanidine groups is 1. The lowest BCUT2D eigenvalue weighted by Gasteiger charge is -2.21. The molecule has 1 aromatic carbocycles. The van der Waals surface area contributed by atoms with Gasteiger partial charge in [0.2, 0.25) is 0 Å². The average molecular weight is 516 g/mol. The molecule has 0 aliphatic carbocycles. The second-order valence-electron chi connectivity index (χ2n) is 7.22. The third-order valence-electron chi connectivity index (χ3n) is 3.39. The summed E-state index contributed by atoms with van der Waals surface area (Å²) in [6.07, 6.45) is -4.30. The van der Waals surface area contributed by atoms with Crippen molar-refractivity contribution in [2.45, 2.75) is 52.6 Å². The van der Waals surface area contributed by atoms with Crippen LogP contribution in [0.5, 0.6) is 0 Å². The lowest BCUT2D eigenvalue weighted by molar-refractivity contribution is -0.176. The van der Waals surface area contributed by atoms with Crippen LogP contribution in [0.1, 0.15) is 38.8 Å². The largest absolute Gasteiger partial charge is 0.411 e. The van der Waals surface area contributed by atoms with Gasteiger partial charge in [0.15, 0.2) is 5.96 Å². The van der Waals surface area contributed by atoms with E-state index in [4.69, 9.17) is 0 Å². The van der Waals surface area contributed by atoms with E-state index in [9.17, 15) is 13.2 Å². The van der Waals surface area contributed by atoms with Gasteiger partial charge >= 0.3 is 6.18 Å². The monoisotopic (exact) mass is 516 g/mol. The molecule has 0 saturated heterocycles. The van der Waals surface area contributed by atoms with Crippen LogP contribution >= 0.6 is 24.0 Å². The van der Waals surface area contributed by atoms with Gasteiger partial charge in [0.25, 0.3) is 0 Å². The predicted molar refractivity (Wildman–Crippen MR) is 118 cm³/mol. The quantitative estimate of drug-likeness (QED) is 0.202. The van der Waals surface area contributed by atoms with Gasteiger partial charge in [-0.2, -0.15) is 13.2 Å². The normalized spacial score (nSPS) is 12.5. The summed E-state index contributed by atoms with van der Waals surface area (Å²) in [5, 5.41) is 9.85. The summed E-state index contributed by atoms with van der Waals surface area (Å²) >= 11 is 0. The first-order valence-electron chi connectivity index (χ1n) is 9.08. The maximum Gasteiger partial charge on any atom is 0.411 e. The van der Waals surface area contributed by atoms with E-state index in [1.54, 1.807) is 12.1 Å². The molecule has 0 spiro atoms. The second kappa shape index (κ2) is 13.2. The number of nitrogens with one attached hydrogen (secondary N) is 3. The molecule has 0 aliphatic rings. The molecular formula is C19H32F3IN4O. The van der Waals surface area contributed by atoms with Crippen LogP contribution in [0.4, 0.5) is 13.2 Å². The van der Waals surface area contributed by atoms with Crippen molar-refractivity contribution >= 4 is 29.9 Å². The Bertz CT molecular complexity index is 572. The summed E-state index contributed by atoms with van der Waals surface area (Å²) in [5.41, 5.74) is 1.74. The fourth-order valence-corrected chi connectivity index (χ4v) is 2.16. The van der Waals surface area contributed by atoms with Crippen molar-refractivity contribution in [2.24, 2.45) is 4.99 Å². The van der Waals surface area contributed by atoms with Gasteiger partial charge in [0, 0.05) is 25.2 Å². The molecule has 0 saturated carbocycles. The molecule has 0 bridgehead atoms. The molecule has 0 unspecified atom stereocenters. The molecule has 0 aliphatic heterocycles. The number of hydrogen-bond acceptors (Lipinski definition) is 3. The number of benzene rings is 1. The number of halogens is 4. The van der Waals surface area contributed by atoms with Gasteiger partial charge in [-0.3, -0.25) is 0 Å². The Hall–Kier alpha value is -1.07.